The molecule has 1 aliphatic heterocycles. The van der Waals surface area contributed by atoms with Gasteiger partial charge in [-0.25, -0.2) is 4.79 Å². The number of likely N-dealkylation sites (tertiary alicyclic amines) is 1. The summed E-state index contributed by atoms with van der Waals surface area (Å²) in [5, 5.41) is 5.44. The van der Waals surface area contributed by atoms with Crippen LogP contribution in [0.3, 0.4) is 0 Å². The monoisotopic (exact) mass is 383 g/mol. The average Bonchev–Trinajstić information content (AvgIpc) is 2.98. The molecule has 5 rings (SSSR count). The van der Waals surface area contributed by atoms with Gasteiger partial charge in [0, 0.05) is 18.8 Å². The van der Waals surface area contributed by atoms with Crippen LogP contribution in [0.5, 0.6) is 5.75 Å². The number of nitrogens with zero attached hydrogens (tertiary/aromatic N) is 1. The van der Waals surface area contributed by atoms with E-state index in [1.807, 2.05) is 6.92 Å². The molecular weight excluding hydrogens is 358 g/mol. The maximum Gasteiger partial charge on any atom is 0.319 e. The zero-order valence-electron chi connectivity index (χ0n) is 15.9. The smallest absolute Gasteiger partial charge is 0.319 e. The third-order valence-corrected chi connectivity index (χ3v) is 5.89. The van der Waals surface area contributed by atoms with Crippen LogP contribution < -0.4 is 15.4 Å². The second-order valence-corrected chi connectivity index (χ2v) is 7.51. The molecule has 7 heteroatoms. The lowest BCUT2D eigenvalue weighted by atomic mass is 9.63. The first-order valence-corrected chi connectivity index (χ1v) is 9.89. The molecule has 7 nitrogen and oxygen atoms in total. The predicted octanol–water partition coefficient (Wildman–Crippen LogP) is 2.40. The summed E-state index contributed by atoms with van der Waals surface area (Å²) in [5.41, 5.74) is 0.642. The van der Waals surface area contributed by atoms with E-state index in [0.29, 0.717) is 12.3 Å². The van der Waals surface area contributed by atoms with E-state index in [0.717, 1.165) is 18.6 Å². The number of carbonyl (C=O) groups is 3. The summed E-state index contributed by atoms with van der Waals surface area (Å²) in [4.78, 5) is 38.9. The lowest BCUT2D eigenvalue weighted by molar-refractivity contribution is -0.140. The van der Waals surface area contributed by atoms with E-state index in [4.69, 9.17) is 4.74 Å². The van der Waals surface area contributed by atoms with Gasteiger partial charge in [0.1, 0.15) is 5.75 Å². The molecule has 148 valence electrons. The molecule has 0 unspecified atom stereocenters. The number of fused-ring (bicyclic) bond motifs is 1. The maximum absolute atomic E-state index is 12.7. The zero-order chi connectivity index (χ0) is 19.7. The van der Waals surface area contributed by atoms with E-state index in [-0.39, 0.29) is 54.6 Å². The van der Waals surface area contributed by atoms with Gasteiger partial charge in [-0.05, 0) is 55.9 Å². The molecule has 0 aromatic heterocycles. The van der Waals surface area contributed by atoms with Crippen molar-refractivity contribution in [3.8, 4) is 5.75 Å². The molecule has 1 saturated carbocycles. The van der Waals surface area contributed by atoms with Gasteiger partial charge in [0.15, 0.2) is 0 Å². The minimum Gasteiger partial charge on any atom is -0.494 e. The molecule has 1 saturated heterocycles. The number of allylic oxidation sites excluding steroid dienone is 2. The first kappa shape index (κ1) is 18.5. The van der Waals surface area contributed by atoms with Crippen molar-refractivity contribution >= 4 is 23.5 Å². The summed E-state index contributed by atoms with van der Waals surface area (Å²) in [6, 6.07) is 6.70. The first-order chi connectivity index (χ1) is 13.6. The standard InChI is InChI=1S/C21H25N3O4/c1-2-28-16-9-7-15(8-10-16)23-21(27)22-11-12-24-19(25)17-13-3-4-14(6-5-13)18(17)20(24)26/h3-4,7-10,13-14,17-18H,2,5-6,11-12H2,1H3,(H2,22,23,27)/t13-,14-,17+,18+/m0/s1. The Kier molecular flexibility index (Phi) is 5.07. The Labute approximate surface area is 164 Å². The predicted molar refractivity (Wildman–Crippen MR) is 104 cm³/mol. The highest BCUT2D eigenvalue weighted by Crippen LogP contribution is 2.49. The molecule has 28 heavy (non-hydrogen) atoms. The molecule has 2 N–H and O–H groups in total. The van der Waals surface area contributed by atoms with E-state index < -0.39 is 0 Å². The number of nitrogens with one attached hydrogen (secondary N) is 2. The molecule has 4 atom stereocenters. The topological polar surface area (TPSA) is 87.7 Å². The Balaban J connectivity index is 1.27. The van der Waals surface area contributed by atoms with Gasteiger partial charge in [-0.1, -0.05) is 12.2 Å². The molecule has 1 aromatic carbocycles. The Bertz CT molecular complexity index is 772. The van der Waals surface area contributed by atoms with Gasteiger partial charge >= 0.3 is 6.03 Å². The summed E-state index contributed by atoms with van der Waals surface area (Å²) < 4.78 is 5.37. The quantitative estimate of drug-likeness (QED) is 0.583. The van der Waals surface area contributed by atoms with Crippen molar-refractivity contribution < 1.29 is 19.1 Å². The minimum atomic E-state index is -0.373. The van der Waals surface area contributed by atoms with Crippen LogP contribution in [0.2, 0.25) is 0 Å². The Morgan fingerprint density at radius 2 is 1.68 bits per heavy atom. The van der Waals surface area contributed by atoms with Gasteiger partial charge in [0.25, 0.3) is 0 Å². The second kappa shape index (κ2) is 7.66. The summed E-state index contributed by atoms with van der Waals surface area (Å²) in [6.07, 6.45) is 6.18. The van der Waals surface area contributed by atoms with Crippen LogP contribution in [0.4, 0.5) is 10.5 Å². The van der Waals surface area contributed by atoms with Crippen molar-refractivity contribution in [3.05, 3.63) is 36.4 Å². The van der Waals surface area contributed by atoms with E-state index in [1.165, 1.54) is 4.90 Å². The molecule has 3 aliphatic carbocycles. The lowest BCUT2D eigenvalue weighted by Crippen LogP contribution is -2.40. The molecule has 1 aromatic rings. The average molecular weight is 383 g/mol. The normalized spacial score (nSPS) is 27.7. The fourth-order valence-corrected chi connectivity index (χ4v) is 4.61. The molecule has 0 spiro atoms. The summed E-state index contributed by atoms with van der Waals surface area (Å²) in [5.74, 6) is 0.553. The highest BCUT2D eigenvalue weighted by Gasteiger charge is 2.56. The Hall–Kier alpha value is -2.83. The van der Waals surface area contributed by atoms with E-state index in [2.05, 4.69) is 22.8 Å². The van der Waals surface area contributed by atoms with E-state index in [1.54, 1.807) is 24.3 Å². The number of benzene rings is 1. The second-order valence-electron chi connectivity index (χ2n) is 7.51. The summed E-state index contributed by atoms with van der Waals surface area (Å²) >= 11 is 0. The van der Waals surface area contributed by atoms with Crippen molar-refractivity contribution in [1.29, 1.82) is 0 Å². The highest BCUT2D eigenvalue weighted by atomic mass is 16.5. The lowest BCUT2D eigenvalue weighted by Gasteiger charge is -2.38. The zero-order valence-corrected chi connectivity index (χ0v) is 15.9. The number of imide groups is 1. The fourth-order valence-electron chi connectivity index (χ4n) is 4.61. The van der Waals surface area contributed by atoms with Crippen LogP contribution in [0, 0.1) is 23.7 Å². The first-order valence-electron chi connectivity index (χ1n) is 9.89. The SMILES string of the molecule is CCOc1ccc(NC(=O)NCCN2C(=O)[C@H]3[C@H](C2=O)[C@H]2C=C[C@H]3CC2)cc1. The molecule has 0 radical (unpaired) electrons. The number of rotatable bonds is 6. The summed E-state index contributed by atoms with van der Waals surface area (Å²) in [7, 11) is 0. The molecule has 4 amide bonds. The number of urea groups is 1. The molecule has 4 aliphatic rings. The van der Waals surface area contributed by atoms with Gasteiger partial charge in [-0.2, -0.15) is 0 Å². The van der Waals surface area contributed by atoms with Crippen LogP contribution >= 0.6 is 0 Å². The van der Waals surface area contributed by atoms with Gasteiger partial charge in [-0.15, -0.1) is 0 Å². The van der Waals surface area contributed by atoms with Crippen LogP contribution in [0.15, 0.2) is 36.4 Å². The molecule has 2 fully saturated rings. The third kappa shape index (κ3) is 3.37. The van der Waals surface area contributed by atoms with Crippen molar-refractivity contribution in [1.82, 2.24) is 10.2 Å². The maximum atomic E-state index is 12.7. The van der Waals surface area contributed by atoms with E-state index >= 15 is 0 Å². The number of amides is 4. The van der Waals surface area contributed by atoms with Crippen LogP contribution in [-0.4, -0.2) is 42.4 Å². The molecule has 1 heterocycles. The van der Waals surface area contributed by atoms with Gasteiger partial charge in [0.2, 0.25) is 11.8 Å². The number of hydrogen-bond donors (Lipinski definition) is 2. The number of ether oxygens (including phenoxy) is 1. The summed E-state index contributed by atoms with van der Waals surface area (Å²) in [6.45, 7) is 2.93. The van der Waals surface area contributed by atoms with Crippen molar-refractivity contribution in [2.24, 2.45) is 23.7 Å². The third-order valence-electron chi connectivity index (χ3n) is 5.89. The van der Waals surface area contributed by atoms with Gasteiger partial charge < -0.3 is 15.4 Å². The van der Waals surface area contributed by atoms with Crippen molar-refractivity contribution in [2.75, 3.05) is 25.0 Å². The Morgan fingerprint density at radius 3 is 2.21 bits per heavy atom. The molecule has 2 bridgehead atoms. The van der Waals surface area contributed by atoms with Crippen LogP contribution in [0.1, 0.15) is 19.8 Å². The number of hydrogen-bond acceptors (Lipinski definition) is 4. The van der Waals surface area contributed by atoms with E-state index in [9.17, 15) is 14.4 Å². The van der Waals surface area contributed by atoms with Crippen LogP contribution in [0.25, 0.3) is 0 Å². The number of carbonyl (C=O) groups excluding carboxylic acids is 3. The minimum absolute atomic E-state index is 0.0808. The highest BCUT2D eigenvalue weighted by molar-refractivity contribution is 6.06. The van der Waals surface area contributed by atoms with Crippen molar-refractivity contribution in [2.45, 2.75) is 19.8 Å². The number of anilines is 1. The largest absolute Gasteiger partial charge is 0.494 e. The molecular formula is C21H25N3O4. The Morgan fingerprint density at radius 1 is 1.07 bits per heavy atom. The van der Waals surface area contributed by atoms with Gasteiger partial charge in [0.05, 0.1) is 18.4 Å². The van der Waals surface area contributed by atoms with Crippen molar-refractivity contribution in [3.63, 3.8) is 0 Å². The van der Waals surface area contributed by atoms with Crippen LogP contribution in [-0.2, 0) is 9.59 Å². The fraction of sp³-hybridized carbons (Fsp3) is 0.476. The van der Waals surface area contributed by atoms with Gasteiger partial charge in [-0.3, -0.25) is 14.5 Å².